The van der Waals surface area contributed by atoms with Gasteiger partial charge in [0, 0.05) is 22.7 Å². The lowest BCUT2D eigenvalue weighted by atomic mass is 10.2. The highest BCUT2D eigenvalue weighted by Gasteiger charge is 2.03. The number of hydrogen-bond donors (Lipinski definition) is 2. The van der Waals surface area contributed by atoms with Crippen LogP contribution in [0, 0.1) is 0 Å². The van der Waals surface area contributed by atoms with E-state index in [4.69, 9.17) is 18.0 Å². The summed E-state index contributed by atoms with van der Waals surface area (Å²) in [6.07, 6.45) is 1.84. The van der Waals surface area contributed by atoms with E-state index in [1.54, 1.807) is 0 Å². The molecule has 0 aliphatic carbocycles. The summed E-state index contributed by atoms with van der Waals surface area (Å²) in [5.41, 5.74) is 7.52. The van der Waals surface area contributed by atoms with Crippen molar-refractivity contribution in [3.8, 4) is 0 Å². The largest absolute Gasteiger partial charge is 0.389 e. The van der Waals surface area contributed by atoms with Crippen molar-refractivity contribution in [1.29, 1.82) is 0 Å². The molecule has 0 bridgehead atoms. The third-order valence-electron chi connectivity index (χ3n) is 1.85. The first kappa shape index (κ1) is 7.31. The number of para-hydroxylation sites is 1. The van der Waals surface area contributed by atoms with Crippen LogP contribution in [0.4, 0.5) is 0 Å². The van der Waals surface area contributed by atoms with E-state index in [0.29, 0.717) is 4.99 Å². The SMILES string of the molecule is NC(=S)c1c[nH]c2ccccc12. The van der Waals surface area contributed by atoms with E-state index in [-0.39, 0.29) is 0 Å². The summed E-state index contributed by atoms with van der Waals surface area (Å²) >= 11 is 4.90. The van der Waals surface area contributed by atoms with Crippen LogP contribution in [0.3, 0.4) is 0 Å². The molecule has 1 aromatic heterocycles. The molecule has 0 aliphatic rings. The third kappa shape index (κ3) is 0.987. The normalized spacial score (nSPS) is 10.3. The van der Waals surface area contributed by atoms with E-state index < -0.39 is 0 Å². The average Bonchev–Trinajstić information content (AvgIpc) is 2.47. The van der Waals surface area contributed by atoms with Crippen LogP contribution in [-0.4, -0.2) is 9.97 Å². The molecule has 0 aliphatic heterocycles. The highest BCUT2D eigenvalue weighted by atomic mass is 32.1. The van der Waals surface area contributed by atoms with Crippen molar-refractivity contribution in [2.75, 3.05) is 0 Å². The van der Waals surface area contributed by atoms with E-state index >= 15 is 0 Å². The van der Waals surface area contributed by atoms with Crippen LogP contribution >= 0.6 is 12.2 Å². The molecule has 0 fully saturated rings. The van der Waals surface area contributed by atoms with Gasteiger partial charge in [-0.25, -0.2) is 0 Å². The number of aromatic amines is 1. The summed E-state index contributed by atoms with van der Waals surface area (Å²) in [4.78, 5) is 3.54. The fraction of sp³-hybridized carbons (Fsp3) is 0. The Morgan fingerprint density at radius 1 is 1.33 bits per heavy atom. The second-order valence-corrected chi connectivity index (χ2v) is 3.05. The fourth-order valence-electron chi connectivity index (χ4n) is 1.28. The number of hydrogen-bond acceptors (Lipinski definition) is 1. The van der Waals surface area contributed by atoms with Gasteiger partial charge in [-0.3, -0.25) is 0 Å². The van der Waals surface area contributed by atoms with Crippen LogP contribution in [0.15, 0.2) is 30.5 Å². The summed E-state index contributed by atoms with van der Waals surface area (Å²) in [6.45, 7) is 0. The van der Waals surface area contributed by atoms with Crippen molar-refractivity contribution < 1.29 is 0 Å². The van der Waals surface area contributed by atoms with Gasteiger partial charge in [-0.2, -0.15) is 0 Å². The highest BCUT2D eigenvalue weighted by Crippen LogP contribution is 2.16. The summed E-state index contributed by atoms with van der Waals surface area (Å²) < 4.78 is 0. The summed E-state index contributed by atoms with van der Waals surface area (Å²) in [6, 6.07) is 7.94. The molecule has 0 spiro atoms. The van der Waals surface area contributed by atoms with Crippen molar-refractivity contribution in [3.63, 3.8) is 0 Å². The molecule has 1 aromatic carbocycles. The van der Waals surface area contributed by atoms with Crippen molar-refractivity contribution in [2.45, 2.75) is 0 Å². The van der Waals surface area contributed by atoms with Gasteiger partial charge in [0.1, 0.15) is 4.99 Å². The van der Waals surface area contributed by atoms with Gasteiger partial charge in [-0.05, 0) is 6.07 Å². The quantitative estimate of drug-likeness (QED) is 0.650. The van der Waals surface area contributed by atoms with Crippen molar-refractivity contribution in [2.24, 2.45) is 5.73 Å². The summed E-state index contributed by atoms with van der Waals surface area (Å²) in [5, 5.41) is 1.09. The highest BCUT2D eigenvalue weighted by molar-refractivity contribution is 7.80. The lowest BCUT2D eigenvalue weighted by Crippen LogP contribution is -2.08. The fourth-order valence-corrected chi connectivity index (χ4v) is 1.44. The molecule has 0 atom stereocenters. The first-order chi connectivity index (χ1) is 5.79. The number of benzene rings is 1. The summed E-state index contributed by atoms with van der Waals surface area (Å²) in [7, 11) is 0. The maximum Gasteiger partial charge on any atom is 0.106 e. The predicted molar refractivity (Wildman–Crippen MR) is 54.2 cm³/mol. The first-order valence-corrected chi connectivity index (χ1v) is 4.06. The molecular weight excluding hydrogens is 168 g/mol. The molecule has 0 radical (unpaired) electrons. The molecular formula is C9H8N2S. The van der Waals surface area contributed by atoms with E-state index in [9.17, 15) is 0 Å². The molecule has 0 saturated heterocycles. The number of thiocarbonyl (C=S) groups is 1. The third-order valence-corrected chi connectivity index (χ3v) is 2.07. The van der Waals surface area contributed by atoms with Crippen LogP contribution in [0.1, 0.15) is 5.56 Å². The number of nitrogens with two attached hydrogens (primary N) is 1. The van der Waals surface area contributed by atoms with Gasteiger partial charge < -0.3 is 10.7 Å². The van der Waals surface area contributed by atoms with E-state index in [1.165, 1.54) is 0 Å². The Bertz CT molecular complexity index is 431. The molecule has 0 amide bonds. The predicted octanol–water partition coefficient (Wildman–Crippen LogP) is 1.80. The smallest absolute Gasteiger partial charge is 0.106 e. The minimum absolute atomic E-state index is 0.437. The lowest BCUT2D eigenvalue weighted by molar-refractivity contribution is 1.47. The Morgan fingerprint density at radius 2 is 2.08 bits per heavy atom. The molecule has 3 heteroatoms. The van der Waals surface area contributed by atoms with E-state index in [0.717, 1.165) is 16.5 Å². The molecule has 0 unspecified atom stereocenters. The van der Waals surface area contributed by atoms with Gasteiger partial charge >= 0.3 is 0 Å². The average molecular weight is 176 g/mol. The minimum atomic E-state index is 0.437. The maximum absolute atomic E-state index is 5.54. The first-order valence-electron chi connectivity index (χ1n) is 3.65. The van der Waals surface area contributed by atoms with Crippen LogP contribution in [-0.2, 0) is 0 Å². The maximum atomic E-state index is 5.54. The van der Waals surface area contributed by atoms with Crippen LogP contribution in [0.25, 0.3) is 10.9 Å². The zero-order chi connectivity index (χ0) is 8.55. The van der Waals surface area contributed by atoms with Crippen molar-refractivity contribution in [3.05, 3.63) is 36.0 Å². The van der Waals surface area contributed by atoms with Gasteiger partial charge in [0.25, 0.3) is 0 Å². The number of fused-ring (bicyclic) bond motifs is 1. The standard InChI is InChI=1S/C9H8N2S/c10-9(12)7-5-11-8-4-2-1-3-6(7)8/h1-5,11H,(H2,10,12). The molecule has 2 rings (SSSR count). The second kappa shape index (κ2) is 2.60. The van der Waals surface area contributed by atoms with Crippen LogP contribution < -0.4 is 5.73 Å². The van der Waals surface area contributed by atoms with Crippen molar-refractivity contribution >= 4 is 28.1 Å². The van der Waals surface area contributed by atoms with Gasteiger partial charge in [0.05, 0.1) is 0 Å². The number of H-pyrrole nitrogens is 1. The van der Waals surface area contributed by atoms with E-state index in [1.807, 2.05) is 30.5 Å². The Morgan fingerprint density at radius 3 is 2.83 bits per heavy atom. The number of rotatable bonds is 1. The zero-order valence-corrected chi connectivity index (χ0v) is 7.19. The Balaban J connectivity index is 2.79. The Labute approximate surface area is 75.4 Å². The van der Waals surface area contributed by atoms with Crippen molar-refractivity contribution in [1.82, 2.24) is 4.98 Å². The zero-order valence-electron chi connectivity index (χ0n) is 6.37. The molecule has 1 heterocycles. The topological polar surface area (TPSA) is 41.8 Å². The Kier molecular flexibility index (Phi) is 1.59. The molecule has 2 aromatic rings. The van der Waals surface area contributed by atoms with E-state index in [2.05, 4.69) is 4.98 Å². The van der Waals surface area contributed by atoms with Gasteiger partial charge in [0.15, 0.2) is 0 Å². The summed E-state index contributed by atoms with van der Waals surface area (Å²) in [5.74, 6) is 0. The Hall–Kier alpha value is -1.35. The minimum Gasteiger partial charge on any atom is -0.389 e. The lowest BCUT2D eigenvalue weighted by Gasteiger charge is -1.92. The molecule has 3 N–H and O–H groups in total. The number of aromatic nitrogens is 1. The van der Waals surface area contributed by atoms with Gasteiger partial charge in [-0.1, -0.05) is 30.4 Å². The number of nitrogens with one attached hydrogen (secondary N) is 1. The molecule has 2 nitrogen and oxygen atoms in total. The monoisotopic (exact) mass is 176 g/mol. The van der Waals surface area contributed by atoms with Gasteiger partial charge in [0.2, 0.25) is 0 Å². The van der Waals surface area contributed by atoms with Crippen LogP contribution in [0.5, 0.6) is 0 Å². The van der Waals surface area contributed by atoms with Gasteiger partial charge in [-0.15, -0.1) is 0 Å². The van der Waals surface area contributed by atoms with Crippen LogP contribution in [0.2, 0.25) is 0 Å². The molecule has 12 heavy (non-hydrogen) atoms. The second-order valence-electron chi connectivity index (χ2n) is 2.61. The molecule has 60 valence electrons. The molecule has 0 saturated carbocycles.